The number of pyridine rings is 1. The molecule has 2 N–H and O–H groups in total. The lowest BCUT2D eigenvalue weighted by molar-refractivity contribution is -0.122. The molecule has 2 aromatic rings. The van der Waals surface area contributed by atoms with E-state index in [2.05, 4.69) is 15.6 Å². The number of hydrogen-bond donors (Lipinski definition) is 2. The number of hydrogen-bond acceptors (Lipinski definition) is 3. The Morgan fingerprint density at radius 1 is 1.08 bits per heavy atom. The molecule has 1 fully saturated rings. The number of benzene rings is 1. The quantitative estimate of drug-likeness (QED) is 0.847. The van der Waals surface area contributed by atoms with Crippen molar-refractivity contribution in [3.63, 3.8) is 0 Å². The van der Waals surface area contributed by atoms with E-state index in [1.807, 2.05) is 24.3 Å². The maximum absolute atomic E-state index is 12.3. The van der Waals surface area contributed by atoms with E-state index in [-0.39, 0.29) is 11.8 Å². The molecule has 2 amide bonds. The smallest absolute Gasteiger partial charge is 0.257 e. The Hall–Kier alpha value is -2.69. The van der Waals surface area contributed by atoms with Gasteiger partial charge in [0.15, 0.2) is 0 Å². The molecular formula is C20H23N3O2. The molecule has 1 aliphatic carbocycles. The number of para-hydroxylation sites is 1. The van der Waals surface area contributed by atoms with Crippen LogP contribution in [0.1, 0.15) is 48.0 Å². The van der Waals surface area contributed by atoms with Crippen LogP contribution in [0.2, 0.25) is 0 Å². The van der Waals surface area contributed by atoms with E-state index in [0.29, 0.717) is 30.1 Å². The molecule has 1 aromatic carbocycles. The van der Waals surface area contributed by atoms with Gasteiger partial charge in [0.1, 0.15) is 0 Å². The lowest BCUT2D eigenvalue weighted by Crippen LogP contribution is -2.25. The summed E-state index contributed by atoms with van der Waals surface area (Å²) >= 11 is 0. The molecule has 0 aliphatic heterocycles. The number of carbonyl (C=O) groups is 2. The van der Waals surface area contributed by atoms with Gasteiger partial charge >= 0.3 is 0 Å². The zero-order valence-corrected chi connectivity index (χ0v) is 14.2. The van der Waals surface area contributed by atoms with Crippen LogP contribution in [0.4, 0.5) is 5.69 Å². The molecule has 1 saturated carbocycles. The fourth-order valence-electron chi connectivity index (χ4n) is 3.23. The van der Waals surface area contributed by atoms with Gasteiger partial charge in [-0.3, -0.25) is 14.6 Å². The average Bonchev–Trinajstić information content (AvgIpc) is 3.14. The molecule has 1 aromatic heterocycles. The van der Waals surface area contributed by atoms with Crippen molar-refractivity contribution in [1.82, 2.24) is 10.3 Å². The Morgan fingerprint density at radius 3 is 2.64 bits per heavy atom. The zero-order chi connectivity index (χ0) is 17.5. The third kappa shape index (κ3) is 4.89. The van der Waals surface area contributed by atoms with E-state index >= 15 is 0 Å². The summed E-state index contributed by atoms with van der Waals surface area (Å²) in [5.41, 5.74) is 2.10. The highest BCUT2D eigenvalue weighted by Gasteiger charge is 2.18. The topological polar surface area (TPSA) is 71.1 Å². The number of rotatable bonds is 6. The van der Waals surface area contributed by atoms with Crippen molar-refractivity contribution in [2.45, 2.75) is 38.6 Å². The molecule has 25 heavy (non-hydrogen) atoms. The fraction of sp³-hybridized carbons (Fsp3) is 0.350. The summed E-state index contributed by atoms with van der Waals surface area (Å²) in [6.07, 6.45) is 8.55. The van der Waals surface area contributed by atoms with Crippen molar-refractivity contribution in [3.05, 3.63) is 59.9 Å². The lowest BCUT2D eigenvalue weighted by atomic mass is 10.0. The molecule has 3 rings (SSSR count). The first kappa shape index (κ1) is 17.1. The fourth-order valence-corrected chi connectivity index (χ4v) is 3.23. The molecular weight excluding hydrogens is 314 g/mol. The molecule has 0 spiro atoms. The number of aromatic nitrogens is 1. The highest BCUT2D eigenvalue weighted by atomic mass is 16.2. The van der Waals surface area contributed by atoms with Gasteiger partial charge in [-0.25, -0.2) is 0 Å². The minimum absolute atomic E-state index is 0.0836. The largest absolute Gasteiger partial charge is 0.352 e. The minimum atomic E-state index is -0.210. The summed E-state index contributed by atoms with van der Waals surface area (Å²) in [6.45, 7) is 0.412. The molecule has 5 heteroatoms. The molecule has 0 atom stereocenters. The summed E-state index contributed by atoms with van der Waals surface area (Å²) in [6, 6.07) is 11.0. The van der Waals surface area contributed by atoms with Crippen LogP contribution in [0, 0.1) is 5.92 Å². The summed E-state index contributed by atoms with van der Waals surface area (Å²) in [4.78, 5) is 28.4. The Morgan fingerprint density at radius 2 is 1.88 bits per heavy atom. The van der Waals surface area contributed by atoms with Crippen LogP contribution in [0.5, 0.6) is 0 Å². The van der Waals surface area contributed by atoms with E-state index < -0.39 is 0 Å². The Bertz CT molecular complexity index is 725. The third-order valence-electron chi connectivity index (χ3n) is 4.61. The molecule has 0 saturated heterocycles. The van der Waals surface area contributed by atoms with Gasteiger partial charge in [0.25, 0.3) is 5.91 Å². The summed E-state index contributed by atoms with van der Waals surface area (Å²) in [5, 5.41) is 5.87. The van der Waals surface area contributed by atoms with Crippen LogP contribution < -0.4 is 10.6 Å². The lowest BCUT2D eigenvalue weighted by Gasteiger charge is -2.13. The SMILES string of the molecule is O=C(CC1CCCC1)NCc1ccccc1NC(=O)c1cccnc1. The summed E-state index contributed by atoms with van der Waals surface area (Å²) in [7, 11) is 0. The maximum Gasteiger partial charge on any atom is 0.257 e. The highest BCUT2D eigenvalue weighted by Crippen LogP contribution is 2.27. The van der Waals surface area contributed by atoms with Crippen LogP contribution in [-0.4, -0.2) is 16.8 Å². The van der Waals surface area contributed by atoms with E-state index in [9.17, 15) is 9.59 Å². The van der Waals surface area contributed by atoms with Crippen LogP contribution >= 0.6 is 0 Å². The van der Waals surface area contributed by atoms with Crippen LogP contribution in [0.25, 0.3) is 0 Å². The molecule has 0 radical (unpaired) electrons. The van der Waals surface area contributed by atoms with Crippen LogP contribution in [0.3, 0.4) is 0 Å². The van der Waals surface area contributed by atoms with Gasteiger partial charge in [0, 0.05) is 31.0 Å². The maximum atomic E-state index is 12.3. The molecule has 130 valence electrons. The first-order valence-corrected chi connectivity index (χ1v) is 8.78. The number of nitrogens with zero attached hydrogens (tertiary/aromatic N) is 1. The van der Waals surface area contributed by atoms with Crippen molar-refractivity contribution in [2.75, 3.05) is 5.32 Å². The normalized spacial score (nSPS) is 14.2. The molecule has 1 heterocycles. The minimum Gasteiger partial charge on any atom is -0.352 e. The first-order chi connectivity index (χ1) is 12.2. The molecule has 1 aliphatic rings. The standard InChI is InChI=1S/C20H23N3O2/c24-19(12-15-6-1-2-7-15)22-14-16-8-3-4-10-18(16)23-20(25)17-9-5-11-21-13-17/h3-5,8-11,13,15H,1-2,6-7,12,14H2,(H,22,24)(H,23,25). The predicted octanol–water partition coefficient (Wildman–Crippen LogP) is 3.53. The molecule has 5 nitrogen and oxygen atoms in total. The first-order valence-electron chi connectivity index (χ1n) is 8.78. The number of carbonyl (C=O) groups excluding carboxylic acids is 2. The van der Waals surface area contributed by atoms with Crippen molar-refractivity contribution in [1.29, 1.82) is 0 Å². The van der Waals surface area contributed by atoms with Crippen molar-refractivity contribution < 1.29 is 9.59 Å². The Balaban J connectivity index is 1.58. The second-order valence-corrected chi connectivity index (χ2v) is 6.48. The van der Waals surface area contributed by atoms with Crippen LogP contribution in [0.15, 0.2) is 48.8 Å². The monoisotopic (exact) mass is 337 g/mol. The average molecular weight is 337 g/mol. The molecule has 0 bridgehead atoms. The van der Waals surface area contributed by atoms with Gasteiger partial charge < -0.3 is 10.6 Å². The van der Waals surface area contributed by atoms with Crippen molar-refractivity contribution in [2.24, 2.45) is 5.92 Å². The van der Waals surface area contributed by atoms with Gasteiger partial charge in [0.2, 0.25) is 5.91 Å². The number of amides is 2. The van der Waals surface area contributed by atoms with Crippen molar-refractivity contribution in [3.8, 4) is 0 Å². The second-order valence-electron chi connectivity index (χ2n) is 6.48. The Labute approximate surface area is 147 Å². The highest BCUT2D eigenvalue weighted by molar-refractivity contribution is 6.04. The van der Waals surface area contributed by atoms with Gasteiger partial charge in [-0.15, -0.1) is 0 Å². The summed E-state index contributed by atoms with van der Waals surface area (Å²) < 4.78 is 0. The number of nitrogens with one attached hydrogen (secondary N) is 2. The van der Waals surface area contributed by atoms with Gasteiger partial charge in [0.05, 0.1) is 5.56 Å². The van der Waals surface area contributed by atoms with E-state index in [1.165, 1.54) is 19.0 Å². The predicted molar refractivity (Wildman–Crippen MR) is 97.1 cm³/mol. The summed E-state index contributed by atoms with van der Waals surface area (Å²) in [5.74, 6) is 0.402. The third-order valence-corrected chi connectivity index (χ3v) is 4.61. The van der Waals surface area contributed by atoms with E-state index in [0.717, 1.165) is 18.4 Å². The van der Waals surface area contributed by atoms with Gasteiger partial charge in [-0.2, -0.15) is 0 Å². The van der Waals surface area contributed by atoms with E-state index in [1.54, 1.807) is 18.3 Å². The van der Waals surface area contributed by atoms with Gasteiger partial charge in [-0.1, -0.05) is 31.0 Å². The van der Waals surface area contributed by atoms with Gasteiger partial charge in [-0.05, 0) is 42.5 Å². The number of anilines is 1. The van der Waals surface area contributed by atoms with E-state index in [4.69, 9.17) is 0 Å². The van der Waals surface area contributed by atoms with Crippen molar-refractivity contribution >= 4 is 17.5 Å². The molecule has 0 unspecified atom stereocenters. The second kappa shape index (κ2) is 8.42. The Kier molecular flexibility index (Phi) is 5.77. The zero-order valence-electron chi connectivity index (χ0n) is 14.2. The van der Waals surface area contributed by atoms with Crippen LogP contribution in [-0.2, 0) is 11.3 Å².